The van der Waals surface area contributed by atoms with E-state index in [0.29, 0.717) is 11.7 Å². The number of nitrogens with two attached hydrogens (primary N) is 1. The van der Waals surface area contributed by atoms with Crippen LogP contribution in [0.2, 0.25) is 0 Å². The van der Waals surface area contributed by atoms with Crippen LogP contribution >= 0.6 is 0 Å². The minimum absolute atomic E-state index is 0.253. The fourth-order valence-electron chi connectivity index (χ4n) is 1.54. The van der Waals surface area contributed by atoms with E-state index in [1.807, 2.05) is 32.9 Å². The number of aryl methyl sites for hydroxylation is 3. The van der Waals surface area contributed by atoms with Crippen LogP contribution in [0.25, 0.3) is 0 Å². The van der Waals surface area contributed by atoms with Crippen LogP contribution in [0.5, 0.6) is 0 Å². The van der Waals surface area contributed by atoms with E-state index in [4.69, 9.17) is 10.2 Å². The van der Waals surface area contributed by atoms with Crippen LogP contribution in [0, 0.1) is 20.8 Å². The third-order valence-corrected chi connectivity index (χ3v) is 2.15. The normalized spacial score (nSPS) is 10.4. The molecule has 0 saturated heterocycles. The maximum atomic E-state index is 5.56. The molecule has 2 aromatic heterocycles. The first kappa shape index (κ1) is 10.5. The number of hydrogen-bond acceptors (Lipinski definition) is 5. The Kier molecular flexibility index (Phi) is 2.52. The van der Waals surface area contributed by atoms with Crippen LogP contribution in [-0.2, 0) is 0 Å². The summed E-state index contributed by atoms with van der Waals surface area (Å²) in [4.78, 5) is 8.07. The van der Waals surface area contributed by atoms with Gasteiger partial charge in [-0.3, -0.25) is 0 Å². The van der Waals surface area contributed by atoms with Crippen molar-refractivity contribution >= 4 is 17.7 Å². The van der Waals surface area contributed by atoms with Gasteiger partial charge >= 0.3 is 0 Å². The predicted octanol–water partition coefficient (Wildman–Crippen LogP) is 2.32. The van der Waals surface area contributed by atoms with Crippen molar-refractivity contribution in [2.45, 2.75) is 20.8 Å². The minimum Gasteiger partial charge on any atom is -0.445 e. The van der Waals surface area contributed by atoms with Crippen molar-refractivity contribution in [2.75, 3.05) is 11.1 Å². The number of hydrogen-bond donors (Lipinski definition) is 2. The van der Waals surface area contributed by atoms with E-state index in [1.165, 1.54) is 0 Å². The van der Waals surface area contributed by atoms with Crippen LogP contribution in [0.4, 0.5) is 17.7 Å². The van der Waals surface area contributed by atoms with Crippen molar-refractivity contribution in [3.05, 3.63) is 29.2 Å². The Labute approximate surface area is 93.7 Å². The Hall–Kier alpha value is -2.04. The molecule has 84 valence electrons. The molecule has 2 aromatic rings. The van der Waals surface area contributed by atoms with Gasteiger partial charge in [0.25, 0.3) is 0 Å². The highest BCUT2D eigenvalue weighted by Gasteiger charge is 2.06. The average Bonchev–Trinajstić information content (AvgIpc) is 2.43. The highest BCUT2D eigenvalue weighted by Crippen LogP contribution is 2.23. The molecule has 0 aromatic carbocycles. The summed E-state index contributed by atoms with van der Waals surface area (Å²) in [6.07, 6.45) is 0. The van der Waals surface area contributed by atoms with Gasteiger partial charge in [-0.15, -0.1) is 0 Å². The summed E-state index contributed by atoms with van der Waals surface area (Å²) in [5.74, 6) is 2.44. The predicted molar refractivity (Wildman–Crippen MR) is 62.6 cm³/mol. The molecular weight excluding hydrogens is 204 g/mol. The number of rotatable bonds is 2. The molecule has 0 bridgehead atoms. The summed E-state index contributed by atoms with van der Waals surface area (Å²) in [6.45, 7) is 5.73. The third-order valence-electron chi connectivity index (χ3n) is 2.15. The monoisotopic (exact) mass is 218 g/mol. The quantitative estimate of drug-likeness (QED) is 0.808. The molecule has 3 N–H and O–H groups in total. The topological polar surface area (TPSA) is 77.0 Å². The van der Waals surface area contributed by atoms with E-state index in [-0.39, 0.29) is 5.95 Å². The summed E-state index contributed by atoms with van der Waals surface area (Å²) in [5, 5.41) is 3.08. The van der Waals surface area contributed by atoms with Gasteiger partial charge in [-0.05, 0) is 26.8 Å². The lowest BCUT2D eigenvalue weighted by Crippen LogP contribution is -2.01. The Balaban J connectivity index is 2.30. The molecule has 0 saturated carbocycles. The van der Waals surface area contributed by atoms with Gasteiger partial charge in [-0.1, -0.05) is 0 Å². The Morgan fingerprint density at radius 2 is 1.94 bits per heavy atom. The zero-order valence-corrected chi connectivity index (χ0v) is 9.53. The van der Waals surface area contributed by atoms with Gasteiger partial charge in [0.05, 0.1) is 0 Å². The number of anilines is 3. The smallest absolute Gasteiger partial charge is 0.222 e. The molecule has 0 amide bonds. The lowest BCUT2D eigenvalue weighted by Gasteiger charge is -2.04. The number of nitrogen functional groups attached to an aromatic ring is 1. The van der Waals surface area contributed by atoms with E-state index in [0.717, 1.165) is 17.0 Å². The first-order valence-electron chi connectivity index (χ1n) is 5.00. The second-order valence-electron chi connectivity index (χ2n) is 3.75. The lowest BCUT2D eigenvalue weighted by atomic mass is 10.3. The number of furan rings is 1. The molecule has 0 aliphatic carbocycles. The van der Waals surface area contributed by atoms with Crippen molar-refractivity contribution in [2.24, 2.45) is 0 Å². The first-order chi connectivity index (χ1) is 7.54. The molecule has 0 aliphatic rings. The zero-order chi connectivity index (χ0) is 11.7. The van der Waals surface area contributed by atoms with Crippen LogP contribution in [0.1, 0.15) is 17.0 Å². The minimum atomic E-state index is 0.253. The van der Waals surface area contributed by atoms with Gasteiger partial charge < -0.3 is 15.5 Å². The highest BCUT2D eigenvalue weighted by atomic mass is 16.4. The fraction of sp³-hybridized carbons (Fsp3) is 0.273. The standard InChI is InChI=1S/C11H14N4O/c1-6-4-8(3)16-10(6)14-9-5-7(2)13-11(12)15-9/h4-5H,1-3H3,(H3,12,13,14,15). The highest BCUT2D eigenvalue weighted by molar-refractivity contribution is 5.55. The molecule has 0 radical (unpaired) electrons. The van der Waals surface area contributed by atoms with Crippen LogP contribution < -0.4 is 11.1 Å². The molecule has 0 unspecified atom stereocenters. The largest absolute Gasteiger partial charge is 0.445 e. The van der Waals surface area contributed by atoms with Gasteiger partial charge in [0.1, 0.15) is 11.6 Å². The maximum absolute atomic E-state index is 5.56. The van der Waals surface area contributed by atoms with Crippen molar-refractivity contribution in [1.29, 1.82) is 0 Å². The summed E-state index contributed by atoms with van der Waals surface area (Å²) in [7, 11) is 0. The lowest BCUT2D eigenvalue weighted by molar-refractivity contribution is 0.550. The Morgan fingerprint density at radius 1 is 1.19 bits per heavy atom. The SMILES string of the molecule is Cc1cc(Nc2oc(C)cc2C)nc(N)n1. The molecule has 16 heavy (non-hydrogen) atoms. The third kappa shape index (κ3) is 2.13. The summed E-state index contributed by atoms with van der Waals surface area (Å²) in [6, 6.07) is 3.77. The number of aromatic nitrogens is 2. The van der Waals surface area contributed by atoms with E-state index >= 15 is 0 Å². The molecule has 0 spiro atoms. The van der Waals surface area contributed by atoms with Gasteiger partial charge in [-0.2, -0.15) is 4.98 Å². The maximum Gasteiger partial charge on any atom is 0.222 e. The number of nitrogens with zero attached hydrogens (tertiary/aromatic N) is 2. The summed E-state index contributed by atoms with van der Waals surface area (Å²) >= 11 is 0. The van der Waals surface area contributed by atoms with E-state index in [9.17, 15) is 0 Å². The molecule has 5 nitrogen and oxygen atoms in total. The molecular formula is C11H14N4O. The van der Waals surface area contributed by atoms with Crippen LogP contribution in [-0.4, -0.2) is 9.97 Å². The van der Waals surface area contributed by atoms with E-state index < -0.39 is 0 Å². The molecule has 0 fully saturated rings. The first-order valence-corrected chi connectivity index (χ1v) is 5.00. The average molecular weight is 218 g/mol. The Morgan fingerprint density at radius 3 is 2.50 bits per heavy atom. The number of nitrogens with one attached hydrogen (secondary N) is 1. The van der Waals surface area contributed by atoms with Crippen molar-refractivity contribution in [3.8, 4) is 0 Å². The van der Waals surface area contributed by atoms with Crippen LogP contribution in [0.3, 0.4) is 0 Å². The second-order valence-corrected chi connectivity index (χ2v) is 3.75. The van der Waals surface area contributed by atoms with E-state index in [1.54, 1.807) is 0 Å². The van der Waals surface area contributed by atoms with Crippen molar-refractivity contribution in [3.63, 3.8) is 0 Å². The van der Waals surface area contributed by atoms with Crippen molar-refractivity contribution < 1.29 is 4.42 Å². The summed E-state index contributed by atoms with van der Waals surface area (Å²) < 4.78 is 5.49. The van der Waals surface area contributed by atoms with Gasteiger partial charge in [0.2, 0.25) is 11.8 Å². The molecule has 0 aliphatic heterocycles. The molecule has 2 heterocycles. The summed E-state index contributed by atoms with van der Waals surface area (Å²) in [5.41, 5.74) is 7.41. The zero-order valence-electron chi connectivity index (χ0n) is 9.53. The van der Waals surface area contributed by atoms with E-state index in [2.05, 4.69) is 15.3 Å². The van der Waals surface area contributed by atoms with Gasteiger partial charge in [0, 0.05) is 17.3 Å². The van der Waals surface area contributed by atoms with Crippen LogP contribution in [0.15, 0.2) is 16.5 Å². The van der Waals surface area contributed by atoms with Gasteiger partial charge in [-0.25, -0.2) is 4.98 Å². The molecule has 0 atom stereocenters. The van der Waals surface area contributed by atoms with Crippen molar-refractivity contribution in [1.82, 2.24) is 9.97 Å². The second kappa shape index (κ2) is 3.84. The fourth-order valence-corrected chi connectivity index (χ4v) is 1.54. The molecule has 5 heteroatoms. The van der Waals surface area contributed by atoms with Gasteiger partial charge in [0.15, 0.2) is 0 Å². The Bertz CT molecular complexity index is 498. The molecule has 2 rings (SSSR count).